The predicted molar refractivity (Wildman–Crippen MR) is 90.2 cm³/mol. The van der Waals surface area contributed by atoms with Crippen molar-refractivity contribution in [3.8, 4) is 0 Å². The smallest absolute Gasteiger partial charge is 0.286 e. The molecule has 0 bridgehead atoms. The van der Waals surface area contributed by atoms with Crippen molar-refractivity contribution in [3.05, 3.63) is 47.7 Å². The van der Waals surface area contributed by atoms with Gasteiger partial charge in [0.05, 0.1) is 6.61 Å². The number of hydrogen-bond acceptors (Lipinski definition) is 4. The molecule has 0 spiro atoms. The van der Waals surface area contributed by atoms with Crippen LogP contribution in [0, 0.1) is 0 Å². The van der Waals surface area contributed by atoms with Gasteiger partial charge < -0.3 is 19.9 Å². The molecule has 1 aliphatic carbocycles. The third-order valence-electron chi connectivity index (χ3n) is 4.28. The topological polar surface area (TPSA) is 67.8 Å². The third-order valence-corrected chi connectivity index (χ3v) is 4.28. The Labute approximate surface area is 142 Å². The number of rotatable bonds is 8. The Morgan fingerprint density at radius 2 is 2.04 bits per heavy atom. The van der Waals surface area contributed by atoms with E-state index >= 15 is 0 Å². The fourth-order valence-electron chi connectivity index (χ4n) is 2.76. The lowest BCUT2D eigenvalue weighted by molar-refractivity contribution is -0.146. The minimum absolute atomic E-state index is 0.0998. The molecule has 24 heavy (non-hydrogen) atoms. The molecule has 1 saturated carbocycles. The minimum atomic E-state index is -0.432. The fourth-order valence-corrected chi connectivity index (χ4v) is 2.76. The van der Waals surface area contributed by atoms with E-state index < -0.39 is 6.29 Å². The summed E-state index contributed by atoms with van der Waals surface area (Å²) in [5, 5.41) is 11.8. The summed E-state index contributed by atoms with van der Waals surface area (Å²) in [6.07, 6.45) is 5.73. The molecular formula is C19H25NO4. The number of unbranched alkanes of at least 4 members (excludes halogenated alkanes) is 1. The second kappa shape index (κ2) is 8.31. The van der Waals surface area contributed by atoms with Gasteiger partial charge in [0.1, 0.15) is 0 Å². The Morgan fingerprint density at radius 3 is 2.75 bits per heavy atom. The van der Waals surface area contributed by atoms with E-state index in [2.05, 4.69) is 17.4 Å². The number of aliphatic hydroxyl groups excluding tert-OH is 1. The number of amides is 1. The Kier molecular flexibility index (Phi) is 5.88. The van der Waals surface area contributed by atoms with Crippen molar-refractivity contribution in [1.82, 2.24) is 5.32 Å². The summed E-state index contributed by atoms with van der Waals surface area (Å²) in [6, 6.07) is 10.4. The number of nitrogens with one attached hydrogen (secondary N) is 1. The molecule has 1 amide bonds. The lowest BCUT2D eigenvalue weighted by atomic mass is 9.93. The first kappa shape index (κ1) is 17.0. The van der Waals surface area contributed by atoms with Gasteiger partial charge in [0.2, 0.25) is 6.29 Å². The third kappa shape index (κ3) is 4.82. The maximum Gasteiger partial charge on any atom is 0.286 e. The predicted octanol–water partition coefficient (Wildman–Crippen LogP) is 2.47. The molecule has 1 aliphatic heterocycles. The number of aliphatic hydroxyl groups is 1. The van der Waals surface area contributed by atoms with Crippen LogP contribution in [0.2, 0.25) is 0 Å². The van der Waals surface area contributed by atoms with Gasteiger partial charge in [-0.15, -0.1) is 0 Å². The van der Waals surface area contributed by atoms with Crippen LogP contribution in [0.1, 0.15) is 43.6 Å². The van der Waals surface area contributed by atoms with Crippen LogP contribution < -0.4 is 5.32 Å². The Bertz CT molecular complexity index is 568. The van der Waals surface area contributed by atoms with Gasteiger partial charge >= 0.3 is 0 Å². The lowest BCUT2D eigenvalue weighted by Crippen LogP contribution is -2.34. The van der Waals surface area contributed by atoms with E-state index in [0.717, 1.165) is 24.8 Å². The summed E-state index contributed by atoms with van der Waals surface area (Å²) in [5.41, 5.74) is 1.15. The van der Waals surface area contributed by atoms with Crippen LogP contribution in [0.4, 0.5) is 0 Å². The van der Waals surface area contributed by atoms with Crippen molar-refractivity contribution in [2.75, 3.05) is 13.2 Å². The van der Waals surface area contributed by atoms with Gasteiger partial charge in [-0.1, -0.05) is 30.3 Å². The van der Waals surface area contributed by atoms with Crippen molar-refractivity contribution in [1.29, 1.82) is 0 Å². The van der Waals surface area contributed by atoms with Crippen molar-refractivity contribution < 1.29 is 19.4 Å². The standard InChI is InChI=1S/C19H25NO4/c21-10-4-5-11-23-18-13-15(14-6-2-1-3-7-14)12-17(24-18)19(22)20-16-8-9-16/h1-3,6-7,12,15-16,18,21H,4-5,8-11,13H2,(H,20,22)/t15-,18+/m1/s1. The molecule has 0 unspecified atom stereocenters. The Morgan fingerprint density at radius 1 is 1.25 bits per heavy atom. The SMILES string of the molecule is O=C(NC1CC1)C1=C[C@@H](c2ccccc2)C[C@@H](OCCCCO)O1. The maximum absolute atomic E-state index is 12.4. The van der Waals surface area contributed by atoms with Crippen molar-refractivity contribution >= 4 is 5.91 Å². The summed E-state index contributed by atoms with van der Waals surface area (Å²) >= 11 is 0. The molecule has 0 radical (unpaired) electrons. The van der Waals surface area contributed by atoms with E-state index in [1.807, 2.05) is 24.3 Å². The maximum atomic E-state index is 12.4. The molecule has 0 aromatic heterocycles. The number of carbonyl (C=O) groups excluding carboxylic acids is 1. The van der Waals surface area contributed by atoms with Crippen LogP contribution >= 0.6 is 0 Å². The van der Waals surface area contributed by atoms with Gasteiger partial charge in [-0.25, -0.2) is 0 Å². The second-order valence-corrected chi connectivity index (χ2v) is 6.38. The molecule has 5 nitrogen and oxygen atoms in total. The number of benzene rings is 1. The molecule has 1 heterocycles. The second-order valence-electron chi connectivity index (χ2n) is 6.38. The molecule has 1 fully saturated rings. The molecule has 1 aromatic carbocycles. The average Bonchev–Trinajstić information content (AvgIpc) is 3.43. The van der Waals surface area contributed by atoms with E-state index in [4.69, 9.17) is 14.6 Å². The summed E-state index contributed by atoms with van der Waals surface area (Å²) in [7, 11) is 0. The zero-order valence-corrected chi connectivity index (χ0v) is 13.8. The largest absolute Gasteiger partial charge is 0.459 e. The van der Waals surface area contributed by atoms with Gasteiger partial charge in [0.25, 0.3) is 5.91 Å². The van der Waals surface area contributed by atoms with Gasteiger partial charge in [0.15, 0.2) is 5.76 Å². The molecule has 2 atom stereocenters. The van der Waals surface area contributed by atoms with Crippen LogP contribution in [0.3, 0.4) is 0 Å². The van der Waals surface area contributed by atoms with Gasteiger partial charge in [-0.05, 0) is 37.3 Å². The van der Waals surface area contributed by atoms with Gasteiger partial charge in [-0.2, -0.15) is 0 Å². The van der Waals surface area contributed by atoms with Crippen LogP contribution in [0.5, 0.6) is 0 Å². The monoisotopic (exact) mass is 331 g/mol. The first-order valence-electron chi connectivity index (χ1n) is 8.73. The first-order valence-corrected chi connectivity index (χ1v) is 8.73. The zero-order valence-electron chi connectivity index (χ0n) is 13.8. The summed E-state index contributed by atoms with van der Waals surface area (Å²) in [6.45, 7) is 0.681. The molecular weight excluding hydrogens is 306 g/mol. The van der Waals surface area contributed by atoms with Crippen LogP contribution in [-0.2, 0) is 14.3 Å². The quantitative estimate of drug-likeness (QED) is 0.718. The van der Waals surface area contributed by atoms with E-state index in [9.17, 15) is 4.79 Å². The minimum Gasteiger partial charge on any atom is -0.459 e. The number of carbonyl (C=O) groups is 1. The van der Waals surface area contributed by atoms with E-state index in [1.165, 1.54) is 0 Å². The highest BCUT2D eigenvalue weighted by atomic mass is 16.7. The number of ether oxygens (including phenoxy) is 2. The highest BCUT2D eigenvalue weighted by Gasteiger charge is 2.31. The van der Waals surface area contributed by atoms with E-state index in [0.29, 0.717) is 31.2 Å². The van der Waals surface area contributed by atoms with Crippen LogP contribution in [0.15, 0.2) is 42.2 Å². The molecule has 0 saturated heterocycles. The molecule has 2 aliphatic rings. The molecule has 2 N–H and O–H groups in total. The van der Waals surface area contributed by atoms with Crippen LogP contribution in [-0.4, -0.2) is 36.6 Å². The summed E-state index contributed by atoms with van der Waals surface area (Å²) in [5.74, 6) is 0.305. The Balaban J connectivity index is 1.67. The van der Waals surface area contributed by atoms with E-state index in [1.54, 1.807) is 0 Å². The molecule has 3 rings (SSSR count). The van der Waals surface area contributed by atoms with Crippen molar-refractivity contribution in [2.45, 2.75) is 50.4 Å². The van der Waals surface area contributed by atoms with E-state index in [-0.39, 0.29) is 18.4 Å². The average molecular weight is 331 g/mol. The van der Waals surface area contributed by atoms with Gasteiger partial charge in [0, 0.05) is 25.0 Å². The van der Waals surface area contributed by atoms with Crippen LogP contribution in [0.25, 0.3) is 0 Å². The normalized spacial score (nSPS) is 23.3. The number of allylic oxidation sites excluding steroid dienone is 1. The first-order chi connectivity index (χ1) is 11.8. The summed E-state index contributed by atoms with van der Waals surface area (Å²) < 4.78 is 11.6. The Hall–Kier alpha value is -1.85. The van der Waals surface area contributed by atoms with Gasteiger partial charge in [-0.3, -0.25) is 4.79 Å². The lowest BCUT2D eigenvalue weighted by Gasteiger charge is -2.29. The molecule has 5 heteroatoms. The highest BCUT2D eigenvalue weighted by Crippen LogP contribution is 2.32. The van der Waals surface area contributed by atoms with Crippen molar-refractivity contribution in [2.24, 2.45) is 0 Å². The zero-order chi connectivity index (χ0) is 16.8. The fraction of sp³-hybridized carbons (Fsp3) is 0.526. The molecule has 130 valence electrons. The summed E-state index contributed by atoms with van der Waals surface area (Å²) in [4.78, 5) is 12.4. The molecule has 1 aromatic rings. The number of hydrogen-bond donors (Lipinski definition) is 2. The highest BCUT2D eigenvalue weighted by molar-refractivity contribution is 5.92. The van der Waals surface area contributed by atoms with Crippen molar-refractivity contribution in [3.63, 3.8) is 0 Å².